The van der Waals surface area contributed by atoms with E-state index in [2.05, 4.69) is 31.2 Å². The van der Waals surface area contributed by atoms with Crippen molar-refractivity contribution < 1.29 is 5.11 Å². The average Bonchev–Trinajstić information content (AvgIpc) is 2.35. The molecule has 0 radical (unpaired) electrons. The van der Waals surface area contributed by atoms with Gasteiger partial charge in [0.2, 0.25) is 0 Å². The Morgan fingerprint density at radius 3 is 2.71 bits per heavy atom. The molecule has 0 saturated heterocycles. The van der Waals surface area contributed by atoms with Gasteiger partial charge in [-0.2, -0.15) is 0 Å². The van der Waals surface area contributed by atoms with Crippen LogP contribution in [-0.2, 0) is 12.8 Å². The second-order valence-corrected chi connectivity index (χ2v) is 5.27. The van der Waals surface area contributed by atoms with E-state index in [0.717, 1.165) is 32.1 Å². The summed E-state index contributed by atoms with van der Waals surface area (Å²) in [6.45, 7) is 2.75. The third kappa shape index (κ3) is 2.53. The normalized spacial score (nSPS) is 25.4. The van der Waals surface area contributed by atoms with Crippen molar-refractivity contribution in [1.82, 2.24) is 0 Å². The highest BCUT2D eigenvalue weighted by Crippen LogP contribution is 2.35. The molecule has 1 aliphatic rings. The topological polar surface area (TPSA) is 46.2 Å². The van der Waals surface area contributed by atoms with Crippen LogP contribution in [0.15, 0.2) is 24.3 Å². The van der Waals surface area contributed by atoms with Crippen molar-refractivity contribution in [2.24, 2.45) is 11.7 Å². The van der Waals surface area contributed by atoms with Gasteiger partial charge in [-0.1, -0.05) is 37.6 Å². The molecule has 1 aromatic carbocycles. The molecule has 0 spiro atoms. The van der Waals surface area contributed by atoms with Crippen molar-refractivity contribution in [3.63, 3.8) is 0 Å². The van der Waals surface area contributed by atoms with E-state index in [1.165, 1.54) is 11.1 Å². The van der Waals surface area contributed by atoms with E-state index in [-0.39, 0.29) is 5.92 Å². The molecule has 2 nitrogen and oxygen atoms in total. The molecule has 0 aromatic heterocycles. The summed E-state index contributed by atoms with van der Waals surface area (Å²) in [4.78, 5) is 0. The van der Waals surface area contributed by atoms with E-state index in [1.54, 1.807) is 0 Å². The molecule has 2 heteroatoms. The largest absolute Gasteiger partial charge is 0.389 e. The fraction of sp³-hybridized carbons (Fsp3) is 0.600. The third-order valence-corrected chi connectivity index (χ3v) is 4.12. The predicted octanol–water partition coefficient (Wildman–Crippen LogP) is 2.28. The van der Waals surface area contributed by atoms with E-state index < -0.39 is 5.60 Å². The van der Waals surface area contributed by atoms with Crippen molar-refractivity contribution >= 4 is 0 Å². The van der Waals surface area contributed by atoms with Gasteiger partial charge in [0.15, 0.2) is 0 Å². The Balaban J connectivity index is 2.19. The Morgan fingerprint density at radius 2 is 2.06 bits per heavy atom. The number of benzene rings is 1. The number of hydrogen-bond donors (Lipinski definition) is 2. The van der Waals surface area contributed by atoms with E-state index >= 15 is 0 Å². The van der Waals surface area contributed by atoms with Crippen LogP contribution in [0, 0.1) is 5.92 Å². The van der Waals surface area contributed by atoms with Gasteiger partial charge in [0, 0.05) is 12.3 Å². The summed E-state index contributed by atoms with van der Waals surface area (Å²) < 4.78 is 0. The SMILES string of the molecule is CCCC(CN)C1(O)CCc2ccccc2C1. The predicted molar refractivity (Wildman–Crippen MR) is 70.9 cm³/mol. The van der Waals surface area contributed by atoms with Gasteiger partial charge in [-0.15, -0.1) is 0 Å². The standard InChI is InChI=1S/C15H23NO/c1-2-5-14(11-16)15(17)9-8-12-6-3-4-7-13(12)10-15/h3-4,6-7,14,17H,2,5,8-11,16H2,1H3. The minimum atomic E-state index is -0.584. The van der Waals surface area contributed by atoms with E-state index in [4.69, 9.17) is 5.73 Å². The highest BCUT2D eigenvalue weighted by atomic mass is 16.3. The van der Waals surface area contributed by atoms with Crippen LogP contribution in [0.3, 0.4) is 0 Å². The molecule has 2 rings (SSSR count). The van der Waals surface area contributed by atoms with Crippen LogP contribution in [0.25, 0.3) is 0 Å². The molecule has 17 heavy (non-hydrogen) atoms. The quantitative estimate of drug-likeness (QED) is 0.838. The van der Waals surface area contributed by atoms with Crippen LogP contribution >= 0.6 is 0 Å². The molecule has 94 valence electrons. The van der Waals surface area contributed by atoms with Crippen LogP contribution < -0.4 is 5.73 Å². The van der Waals surface area contributed by atoms with Crippen molar-refractivity contribution in [3.8, 4) is 0 Å². The fourth-order valence-electron chi connectivity index (χ4n) is 3.05. The van der Waals surface area contributed by atoms with Gasteiger partial charge >= 0.3 is 0 Å². The van der Waals surface area contributed by atoms with Gasteiger partial charge in [0.25, 0.3) is 0 Å². The first-order chi connectivity index (χ1) is 8.19. The Hall–Kier alpha value is -0.860. The Labute approximate surface area is 104 Å². The molecule has 1 aliphatic carbocycles. The lowest BCUT2D eigenvalue weighted by molar-refractivity contribution is -0.0307. The molecule has 0 aliphatic heterocycles. The molecule has 2 unspecified atom stereocenters. The smallest absolute Gasteiger partial charge is 0.0731 e. The van der Waals surface area contributed by atoms with Crippen molar-refractivity contribution in [2.75, 3.05) is 6.54 Å². The second-order valence-electron chi connectivity index (χ2n) is 5.27. The van der Waals surface area contributed by atoms with E-state index in [9.17, 15) is 5.11 Å². The van der Waals surface area contributed by atoms with Gasteiger partial charge in [0.05, 0.1) is 5.60 Å². The number of rotatable bonds is 4. The summed E-state index contributed by atoms with van der Waals surface area (Å²) in [5.74, 6) is 0.237. The van der Waals surface area contributed by atoms with Gasteiger partial charge in [0.1, 0.15) is 0 Å². The van der Waals surface area contributed by atoms with Crippen LogP contribution in [0.1, 0.15) is 37.3 Å². The van der Waals surface area contributed by atoms with E-state index in [0.29, 0.717) is 6.54 Å². The zero-order chi connectivity index (χ0) is 12.3. The molecule has 0 bridgehead atoms. The summed E-state index contributed by atoms with van der Waals surface area (Å²) in [5, 5.41) is 10.8. The number of aryl methyl sites for hydroxylation is 1. The number of fused-ring (bicyclic) bond motifs is 1. The highest BCUT2D eigenvalue weighted by molar-refractivity contribution is 5.31. The zero-order valence-electron chi connectivity index (χ0n) is 10.7. The first kappa shape index (κ1) is 12.6. The molecule has 0 heterocycles. The first-order valence-corrected chi connectivity index (χ1v) is 6.69. The molecule has 0 saturated carbocycles. The first-order valence-electron chi connectivity index (χ1n) is 6.69. The Morgan fingerprint density at radius 1 is 1.35 bits per heavy atom. The third-order valence-electron chi connectivity index (χ3n) is 4.12. The molecule has 0 fully saturated rings. The molecule has 3 N–H and O–H groups in total. The molecule has 1 aromatic rings. The maximum absolute atomic E-state index is 10.8. The van der Waals surface area contributed by atoms with Crippen LogP contribution in [0.2, 0.25) is 0 Å². The maximum Gasteiger partial charge on any atom is 0.0731 e. The average molecular weight is 233 g/mol. The van der Waals surface area contributed by atoms with Crippen LogP contribution in [0.5, 0.6) is 0 Å². The molecule has 0 amide bonds. The summed E-state index contributed by atoms with van der Waals surface area (Å²) in [6.07, 6.45) is 4.71. The summed E-state index contributed by atoms with van der Waals surface area (Å²) in [6, 6.07) is 8.45. The summed E-state index contributed by atoms with van der Waals surface area (Å²) >= 11 is 0. The van der Waals surface area contributed by atoms with E-state index in [1.807, 2.05) is 0 Å². The van der Waals surface area contributed by atoms with Crippen molar-refractivity contribution in [2.45, 2.75) is 44.6 Å². The minimum absolute atomic E-state index is 0.237. The maximum atomic E-state index is 10.8. The van der Waals surface area contributed by atoms with Crippen LogP contribution in [0.4, 0.5) is 0 Å². The number of aliphatic hydroxyl groups is 1. The van der Waals surface area contributed by atoms with Crippen molar-refractivity contribution in [1.29, 1.82) is 0 Å². The lowest BCUT2D eigenvalue weighted by atomic mass is 9.72. The summed E-state index contributed by atoms with van der Waals surface area (Å²) in [7, 11) is 0. The van der Waals surface area contributed by atoms with Crippen LogP contribution in [-0.4, -0.2) is 17.3 Å². The van der Waals surface area contributed by atoms with Crippen molar-refractivity contribution in [3.05, 3.63) is 35.4 Å². The van der Waals surface area contributed by atoms with Gasteiger partial charge in [-0.05, 0) is 36.9 Å². The van der Waals surface area contributed by atoms with Gasteiger partial charge in [-0.3, -0.25) is 0 Å². The molecular weight excluding hydrogens is 210 g/mol. The summed E-state index contributed by atoms with van der Waals surface area (Å²) in [5.41, 5.74) is 7.95. The lowest BCUT2D eigenvalue weighted by Gasteiger charge is -2.39. The highest BCUT2D eigenvalue weighted by Gasteiger charge is 2.38. The lowest BCUT2D eigenvalue weighted by Crippen LogP contribution is -2.46. The minimum Gasteiger partial charge on any atom is -0.389 e. The monoisotopic (exact) mass is 233 g/mol. The number of hydrogen-bond acceptors (Lipinski definition) is 2. The van der Waals surface area contributed by atoms with Gasteiger partial charge < -0.3 is 10.8 Å². The van der Waals surface area contributed by atoms with Gasteiger partial charge in [-0.25, -0.2) is 0 Å². The second kappa shape index (κ2) is 5.19. The molecule has 2 atom stereocenters. The number of nitrogens with two attached hydrogens (primary N) is 1. The molecular formula is C15H23NO. The Bertz CT molecular complexity index is 377. The zero-order valence-corrected chi connectivity index (χ0v) is 10.7. The fourth-order valence-corrected chi connectivity index (χ4v) is 3.05. The Kier molecular flexibility index (Phi) is 3.85.